The fourth-order valence-electron chi connectivity index (χ4n) is 1.99. The maximum atomic E-state index is 12.3. The Balaban J connectivity index is 2.23. The summed E-state index contributed by atoms with van der Waals surface area (Å²) in [5, 5.41) is 8.83. The van der Waals surface area contributed by atoms with Crippen molar-refractivity contribution in [2.75, 3.05) is 4.72 Å². The molecule has 2 aromatic carbocycles. The van der Waals surface area contributed by atoms with Crippen LogP contribution in [0.1, 0.15) is 24.5 Å². The van der Waals surface area contributed by atoms with Gasteiger partial charge in [-0.1, -0.05) is 31.5 Å². The van der Waals surface area contributed by atoms with E-state index in [1.807, 2.05) is 18.2 Å². The molecule has 5 heteroatoms. The number of sulfonamides is 1. The Kier molecular flexibility index (Phi) is 4.61. The highest BCUT2D eigenvalue weighted by atomic mass is 32.2. The van der Waals surface area contributed by atoms with Gasteiger partial charge < -0.3 is 0 Å². The van der Waals surface area contributed by atoms with Crippen molar-refractivity contribution < 1.29 is 8.42 Å². The van der Waals surface area contributed by atoms with Crippen LogP contribution < -0.4 is 4.72 Å². The third-order valence-corrected chi connectivity index (χ3v) is 4.41. The van der Waals surface area contributed by atoms with Gasteiger partial charge in [-0.05, 0) is 42.3 Å². The van der Waals surface area contributed by atoms with E-state index in [4.69, 9.17) is 5.26 Å². The number of aryl methyl sites for hydroxylation is 1. The third-order valence-electron chi connectivity index (χ3n) is 3.02. The second-order valence-corrected chi connectivity index (χ2v) is 6.37. The second-order valence-electron chi connectivity index (χ2n) is 4.69. The van der Waals surface area contributed by atoms with Gasteiger partial charge in [-0.15, -0.1) is 0 Å². The van der Waals surface area contributed by atoms with Crippen molar-refractivity contribution in [3.63, 3.8) is 0 Å². The van der Waals surface area contributed by atoms with E-state index in [9.17, 15) is 8.42 Å². The summed E-state index contributed by atoms with van der Waals surface area (Å²) in [6, 6.07) is 15.2. The van der Waals surface area contributed by atoms with E-state index in [0.29, 0.717) is 11.3 Å². The predicted molar refractivity (Wildman–Crippen MR) is 82.4 cm³/mol. The predicted octanol–water partition coefficient (Wildman–Crippen LogP) is 3.31. The van der Waals surface area contributed by atoms with E-state index in [-0.39, 0.29) is 4.90 Å². The summed E-state index contributed by atoms with van der Waals surface area (Å²) in [6.45, 7) is 2.08. The smallest absolute Gasteiger partial charge is 0.261 e. The minimum atomic E-state index is -3.63. The molecule has 0 unspecified atom stereocenters. The van der Waals surface area contributed by atoms with Gasteiger partial charge in [-0.3, -0.25) is 4.72 Å². The zero-order chi connectivity index (χ0) is 15.3. The first-order valence-electron chi connectivity index (χ1n) is 6.67. The Hall–Kier alpha value is -2.32. The molecule has 21 heavy (non-hydrogen) atoms. The Morgan fingerprint density at radius 1 is 1.14 bits per heavy atom. The van der Waals surface area contributed by atoms with E-state index in [1.165, 1.54) is 6.07 Å². The van der Waals surface area contributed by atoms with E-state index >= 15 is 0 Å². The summed E-state index contributed by atoms with van der Waals surface area (Å²) < 4.78 is 27.0. The standard InChI is InChI=1S/C16H16N2O2S/c1-2-4-13-7-9-16(10-8-13)21(19,20)18-15-6-3-5-14(11-15)12-17/h3,5-11,18H,2,4H2,1H3. The average molecular weight is 300 g/mol. The normalized spacial score (nSPS) is 10.9. The van der Waals surface area contributed by atoms with E-state index in [1.54, 1.807) is 30.3 Å². The van der Waals surface area contributed by atoms with Crippen molar-refractivity contribution in [1.29, 1.82) is 5.26 Å². The lowest BCUT2D eigenvalue weighted by Gasteiger charge is -2.09. The van der Waals surface area contributed by atoms with Gasteiger partial charge in [0.2, 0.25) is 0 Å². The van der Waals surface area contributed by atoms with Gasteiger partial charge in [0, 0.05) is 0 Å². The first-order chi connectivity index (χ1) is 10.0. The summed E-state index contributed by atoms with van der Waals surface area (Å²) in [4.78, 5) is 0.213. The van der Waals surface area contributed by atoms with Gasteiger partial charge in [0.25, 0.3) is 10.0 Å². The number of nitriles is 1. The zero-order valence-electron chi connectivity index (χ0n) is 11.7. The third kappa shape index (κ3) is 3.83. The quantitative estimate of drug-likeness (QED) is 0.921. The topological polar surface area (TPSA) is 70.0 Å². The molecule has 0 atom stereocenters. The minimum Gasteiger partial charge on any atom is -0.280 e. The van der Waals surface area contributed by atoms with Crippen molar-refractivity contribution in [1.82, 2.24) is 0 Å². The Bertz CT molecular complexity index is 760. The second kappa shape index (κ2) is 6.42. The van der Waals surface area contributed by atoms with E-state index in [2.05, 4.69) is 11.6 Å². The van der Waals surface area contributed by atoms with Crippen molar-refractivity contribution in [2.24, 2.45) is 0 Å². The van der Waals surface area contributed by atoms with Gasteiger partial charge in [-0.25, -0.2) is 8.42 Å². The highest BCUT2D eigenvalue weighted by molar-refractivity contribution is 7.92. The number of hydrogen-bond acceptors (Lipinski definition) is 3. The Morgan fingerprint density at radius 2 is 1.86 bits per heavy atom. The van der Waals surface area contributed by atoms with E-state index in [0.717, 1.165) is 18.4 Å². The highest BCUT2D eigenvalue weighted by Gasteiger charge is 2.14. The molecule has 0 spiro atoms. The molecule has 0 amide bonds. The summed E-state index contributed by atoms with van der Waals surface area (Å²) in [5.41, 5.74) is 1.91. The number of nitrogens with zero attached hydrogens (tertiary/aromatic N) is 1. The van der Waals surface area contributed by atoms with Crippen LogP contribution in [0.25, 0.3) is 0 Å². The number of benzene rings is 2. The average Bonchev–Trinajstić information content (AvgIpc) is 2.48. The van der Waals surface area contributed by atoms with Crippen molar-refractivity contribution >= 4 is 15.7 Å². The summed E-state index contributed by atoms with van der Waals surface area (Å²) in [7, 11) is -3.63. The molecule has 2 rings (SSSR count). The molecule has 0 saturated carbocycles. The molecular weight excluding hydrogens is 284 g/mol. The van der Waals surface area contributed by atoms with Crippen LogP contribution in [-0.4, -0.2) is 8.42 Å². The van der Waals surface area contributed by atoms with E-state index < -0.39 is 10.0 Å². The van der Waals surface area contributed by atoms with Gasteiger partial charge in [0.15, 0.2) is 0 Å². The van der Waals surface area contributed by atoms with Crippen LogP contribution in [0.15, 0.2) is 53.4 Å². The van der Waals surface area contributed by atoms with Crippen LogP contribution >= 0.6 is 0 Å². The van der Waals surface area contributed by atoms with Crippen LogP contribution in [0.4, 0.5) is 5.69 Å². The van der Waals surface area contributed by atoms with Crippen LogP contribution in [-0.2, 0) is 16.4 Å². The minimum absolute atomic E-state index is 0.213. The molecular formula is C16H16N2O2S. The number of rotatable bonds is 5. The lowest BCUT2D eigenvalue weighted by atomic mass is 10.1. The number of anilines is 1. The van der Waals surface area contributed by atoms with Gasteiger partial charge in [0.05, 0.1) is 22.2 Å². The monoisotopic (exact) mass is 300 g/mol. The molecule has 0 aliphatic heterocycles. The molecule has 1 N–H and O–H groups in total. The molecule has 0 aromatic heterocycles. The lowest BCUT2D eigenvalue weighted by Crippen LogP contribution is -2.13. The van der Waals surface area contributed by atoms with Crippen molar-refractivity contribution in [2.45, 2.75) is 24.7 Å². The molecule has 0 saturated heterocycles. The molecule has 0 fully saturated rings. The van der Waals surface area contributed by atoms with Crippen molar-refractivity contribution in [3.8, 4) is 6.07 Å². The van der Waals surface area contributed by atoms with Crippen LogP contribution in [0.2, 0.25) is 0 Å². The lowest BCUT2D eigenvalue weighted by molar-refractivity contribution is 0.601. The Labute approximate surface area is 125 Å². The van der Waals surface area contributed by atoms with Crippen LogP contribution in [0, 0.1) is 11.3 Å². The van der Waals surface area contributed by atoms with Gasteiger partial charge >= 0.3 is 0 Å². The maximum absolute atomic E-state index is 12.3. The van der Waals surface area contributed by atoms with Crippen LogP contribution in [0.3, 0.4) is 0 Å². The molecule has 0 aliphatic rings. The SMILES string of the molecule is CCCc1ccc(S(=O)(=O)Nc2cccc(C#N)c2)cc1. The summed E-state index contributed by atoms with van der Waals surface area (Å²) in [5.74, 6) is 0. The summed E-state index contributed by atoms with van der Waals surface area (Å²) >= 11 is 0. The van der Waals surface area contributed by atoms with Gasteiger partial charge in [0.1, 0.15) is 0 Å². The highest BCUT2D eigenvalue weighted by Crippen LogP contribution is 2.18. The van der Waals surface area contributed by atoms with Crippen molar-refractivity contribution in [3.05, 3.63) is 59.7 Å². The largest absolute Gasteiger partial charge is 0.280 e. The van der Waals surface area contributed by atoms with Crippen LogP contribution in [0.5, 0.6) is 0 Å². The number of hydrogen-bond donors (Lipinski definition) is 1. The molecule has 4 nitrogen and oxygen atoms in total. The first-order valence-corrected chi connectivity index (χ1v) is 8.15. The fourth-order valence-corrected chi connectivity index (χ4v) is 3.04. The molecule has 0 bridgehead atoms. The summed E-state index contributed by atoms with van der Waals surface area (Å²) in [6.07, 6.45) is 1.95. The molecule has 2 aromatic rings. The molecule has 0 aliphatic carbocycles. The zero-order valence-corrected chi connectivity index (χ0v) is 12.5. The maximum Gasteiger partial charge on any atom is 0.261 e. The Morgan fingerprint density at radius 3 is 2.48 bits per heavy atom. The van der Waals surface area contributed by atoms with Gasteiger partial charge in [-0.2, -0.15) is 5.26 Å². The first kappa shape index (κ1) is 15.1. The molecule has 0 radical (unpaired) electrons. The fraction of sp³-hybridized carbons (Fsp3) is 0.188. The molecule has 108 valence electrons. The number of nitrogens with one attached hydrogen (secondary N) is 1. The molecule has 0 heterocycles.